The van der Waals surface area contributed by atoms with E-state index in [0.29, 0.717) is 18.7 Å². The number of carbonyl (C=O) groups is 2. The van der Waals surface area contributed by atoms with Gasteiger partial charge in [-0.15, -0.1) is 0 Å². The number of carbonyl (C=O) groups excluding carboxylic acids is 2. The second-order valence-electron chi connectivity index (χ2n) is 6.25. The third-order valence-corrected chi connectivity index (χ3v) is 6.36. The fourth-order valence-electron chi connectivity index (χ4n) is 3.19. The number of benzene rings is 1. The lowest BCUT2D eigenvalue weighted by Gasteiger charge is -2.25. The van der Waals surface area contributed by atoms with Gasteiger partial charge in [0.1, 0.15) is 5.82 Å². The van der Waals surface area contributed by atoms with Gasteiger partial charge in [0.05, 0.1) is 11.7 Å². The van der Waals surface area contributed by atoms with Crippen molar-refractivity contribution in [2.24, 2.45) is 0 Å². The van der Waals surface area contributed by atoms with E-state index in [1.165, 1.54) is 22.5 Å². The van der Waals surface area contributed by atoms with Crippen molar-refractivity contribution < 1.29 is 22.4 Å². The Labute approximate surface area is 145 Å². The van der Waals surface area contributed by atoms with Crippen LogP contribution in [0.15, 0.2) is 18.2 Å². The zero-order valence-electron chi connectivity index (χ0n) is 13.6. The number of hydrogen-bond donors (Lipinski definition) is 2. The van der Waals surface area contributed by atoms with Crippen LogP contribution < -0.4 is 10.6 Å². The summed E-state index contributed by atoms with van der Waals surface area (Å²) in [7, 11) is -3.37. The van der Waals surface area contributed by atoms with E-state index in [1.54, 1.807) is 0 Å². The topological polar surface area (TPSA) is 95.6 Å². The molecule has 136 valence electrons. The minimum atomic E-state index is -3.37. The van der Waals surface area contributed by atoms with Crippen LogP contribution in [0.3, 0.4) is 0 Å². The van der Waals surface area contributed by atoms with Gasteiger partial charge in [-0.1, -0.05) is 6.07 Å². The molecule has 1 atom stereocenters. The molecule has 0 aliphatic carbocycles. The molecule has 2 aliphatic heterocycles. The molecule has 0 saturated carbocycles. The predicted octanol–water partition coefficient (Wildman–Crippen LogP) is 0.793. The summed E-state index contributed by atoms with van der Waals surface area (Å²) in [6.45, 7) is 1.03. The first-order chi connectivity index (χ1) is 11.9. The van der Waals surface area contributed by atoms with Gasteiger partial charge in [-0.05, 0) is 30.5 Å². The number of amides is 2. The molecule has 1 unspecified atom stereocenters. The second-order valence-corrected chi connectivity index (χ2v) is 8.34. The van der Waals surface area contributed by atoms with E-state index in [0.717, 1.165) is 12.8 Å². The first kappa shape index (κ1) is 17.8. The lowest BCUT2D eigenvalue weighted by Crippen LogP contribution is -2.39. The van der Waals surface area contributed by atoms with E-state index < -0.39 is 27.7 Å². The number of rotatable bonds is 5. The van der Waals surface area contributed by atoms with Crippen LogP contribution in [0, 0.1) is 5.82 Å². The van der Waals surface area contributed by atoms with Crippen LogP contribution >= 0.6 is 0 Å². The van der Waals surface area contributed by atoms with Crippen LogP contribution in [0.5, 0.6) is 0 Å². The third kappa shape index (κ3) is 3.98. The second kappa shape index (κ2) is 7.09. The normalized spacial score (nSPS) is 20.8. The molecule has 1 fully saturated rings. The Kier molecular flexibility index (Phi) is 5.05. The molecule has 0 aromatic heterocycles. The summed E-state index contributed by atoms with van der Waals surface area (Å²) in [5, 5.41) is 5.13. The quantitative estimate of drug-likeness (QED) is 0.802. The minimum absolute atomic E-state index is 0.0215. The van der Waals surface area contributed by atoms with E-state index in [-0.39, 0.29) is 30.3 Å². The number of nitrogens with one attached hydrogen (secondary N) is 2. The van der Waals surface area contributed by atoms with Gasteiger partial charge < -0.3 is 10.6 Å². The van der Waals surface area contributed by atoms with Gasteiger partial charge in [0.2, 0.25) is 21.8 Å². The van der Waals surface area contributed by atoms with Crippen LogP contribution in [-0.4, -0.2) is 49.9 Å². The Morgan fingerprint density at radius 2 is 2.04 bits per heavy atom. The summed E-state index contributed by atoms with van der Waals surface area (Å²) in [4.78, 5) is 24.1. The van der Waals surface area contributed by atoms with Crippen molar-refractivity contribution in [3.8, 4) is 0 Å². The van der Waals surface area contributed by atoms with Crippen molar-refractivity contribution in [3.63, 3.8) is 0 Å². The number of fused-ring (bicyclic) bond motifs is 1. The maximum Gasteiger partial charge on any atom is 0.228 e. The molecule has 0 radical (unpaired) electrons. The summed E-state index contributed by atoms with van der Waals surface area (Å²) < 4.78 is 39.0. The Balaban J connectivity index is 1.63. The molecular formula is C16H20FN3O4S. The Hall–Kier alpha value is -2.00. The molecule has 2 amide bonds. The molecule has 1 saturated heterocycles. The molecule has 1 aromatic carbocycles. The molecule has 9 heteroatoms. The van der Waals surface area contributed by atoms with Gasteiger partial charge in [0.15, 0.2) is 0 Å². The highest BCUT2D eigenvalue weighted by Crippen LogP contribution is 2.32. The average molecular weight is 369 g/mol. The number of halogens is 1. The number of nitrogens with zero attached hydrogens (tertiary/aromatic N) is 1. The Morgan fingerprint density at radius 3 is 2.76 bits per heavy atom. The smallest absolute Gasteiger partial charge is 0.228 e. The van der Waals surface area contributed by atoms with Gasteiger partial charge in [-0.25, -0.2) is 17.1 Å². The largest absolute Gasteiger partial charge is 0.354 e. The standard InChI is InChI=1S/C16H20FN3O4S/c17-11-3-4-12-13(10-15(21)19-14(12)9-11)16(22)18-5-8-25(23,24)20-6-1-2-7-20/h3-4,9,13H,1-2,5-8,10H2,(H,18,22)(H,19,21). The molecule has 25 heavy (non-hydrogen) atoms. The zero-order chi connectivity index (χ0) is 18.0. The number of sulfonamides is 1. The highest BCUT2D eigenvalue weighted by molar-refractivity contribution is 7.89. The summed E-state index contributed by atoms with van der Waals surface area (Å²) in [5.74, 6) is -2.23. The summed E-state index contributed by atoms with van der Waals surface area (Å²) >= 11 is 0. The Morgan fingerprint density at radius 1 is 1.32 bits per heavy atom. The molecule has 0 spiro atoms. The number of hydrogen-bond acceptors (Lipinski definition) is 4. The van der Waals surface area contributed by atoms with Gasteiger partial charge in [-0.3, -0.25) is 9.59 Å². The van der Waals surface area contributed by atoms with Crippen molar-refractivity contribution >= 4 is 27.5 Å². The fourth-order valence-corrected chi connectivity index (χ4v) is 4.63. The fraction of sp³-hybridized carbons (Fsp3) is 0.500. The average Bonchev–Trinajstić information content (AvgIpc) is 3.08. The molecule has 2 aliphatic rings. The predicted molar refractivity (Wildman–Crippen MR) is 90.0 cm³/mol. The van der Waals surface area contributed by atoms with Crippen LogP contribution in [-0.2, 0) is 19.6 Å². The van der Waals surface area contributed by atoms with Crippen molar-refractivity contribution in [2.45, 2.75) is 25.2 Å². The zero-order valence-corrected chi connectivity index (χ0v) is 14.4. The van der Waals surface area contributed by atoms with E-state index in [2.05, 4.69) is 10.6 Å². The van der Waals surface area contributed by atoms with Crippen molar-refractivity contribution in [3.05, 3.63) is 29.6 Å². The first-order valence-electron chi connectivity index (χ1n) is 8.22. The summed E-state index contributed by atoms with van der Waals surface area (Å²) in [5.41, 5.74) is 0.807. The van der Waals surface area contributed by atoms with Crippen molar-refractivity contribution in [1.29, 1.82) is 0 Å². The molecule has 2 N–H and O–H groups in total. The van der Waals surface area contributed by atoms with Gasteiger partial charge >= 0.3 is 0 Å². The monoisotopic (exact) mass is 369 g/mol. The van der Waals surface area contributed by atoms with E-state index >= 15 is 0 Å². The maximum absolute atomic E-state index is 13.3. The van der Waals surface area contributed by atoms with Gasteiger partial charge in [0, 0.05) is 31.7 Å². The minimum Gasteiger partial charge on any atom is -0.354 e. The number of anilines is 1. The van der Waals surface area contributed by atoms with Crippen LogP contribution in [0.2, 0.25) is 0 Å². The van der Waals surface area contributed by atoms with E-state index in [1.807, 2.05) is 0 Å². The molecule has 1 aromatic rings. The van der Waals surface area contributed by atoms with E-state index in [4.69, 9.17) is 0 Å². The van der Waals surface area contributed by atoms with Gasteiger partial charge in [0.25, 0.3) is 0 Å². The van der Waals surface area contributed by atoms with Crippen molar-refractivity contribution in [1.82, 2.24) is 9.62 Å². The molecule has 7 nitrogen and oxygen atoms in total. The maximum atomic E-state index is 13.3. The SMILES string of the molecule is O=C1CC(C(=O)NCCS(=O)(=O)N2CCCC2)c2ccc(F)cc2N1. The summed E-state index contributed by atoms with van der Waals surface area (Å²) in [6, 6.07) is 3.87. The molecular weight excluding hydrogens is 349 g/mol. The molecule has 0 bridgehead atoms. The van der Waals surface area contributed by atoms with Crippen LogP contribution in [0.4, 0.5) is 10.1 Å². The van der Waals surface area contributed by atoms with E-state index in [9.17, 15) is 22.4 Å². The van der Waals surface area contributed by atoms with Crippen molar-refractivity contribution in [2.75, 3.05) is 30.7 Å². The first-order valence-corrected chi connectivity index (χ1v) is 9.82. The summed E-state index contributed by atoms with van der Waals surface area (Å²) in [6.07, 6.45) is 1.66. The highest BCUT2D eigenvalue weighted by Gasteiger charge is 2.31. The molecule has 2 heterocycles. The lowest BCUT2D eigenvalue weighted by atomic mass is 9.90. The highest BCUT2D eigenvalue weighted by atomic mass is 32.2. The third-order valence-electron chi connectivity index (χ3n) is 4.49. The van der Waals surface area contributed by atoms with Gasteiger partial charge in [-0.2, -0.15) is 0 Å². The lowest BCUT2D eigenvalue weighted by molar-refractivity contribution is -0.126. The molecule has 3 rings (SSSR count). The van der Waals surface area contributed by atoms with Crippen LogP contribution in [0.25, 0.3) is 0 Å². The van der Waals surface area contributed by atoms with Crippen LogP contribution in [0.1, 0.15) is 30.7 Å². The Bertz CT molecular complexity index is 791.